The standard InChI is InChI=1S/C18H19N5O3S2/c1-3-23(4-2)15(24)11-27-18-21-20-17(28-18)19-16(25)13-10-14(26-22-13)12-8-6-5-7-9-12/h5-10H,3-4,11H2,1-2H3,(H,19,20,25). The van der Waals surface area contributed by atoms with E-state index in [1.165, 1.54) is 23.1 Å². The summed E-state index contributed by atoms with van der Waals surface area (Å²) < 4.78 is 5.85. The Morgan fingerprint density at radius 1 is 1.18 bits per heavy atom. The molecule has 0 radical (unpaired) electrons. The largest absolute Gasteiger partial charge is 0.355 e. The third-order valence-electron chi connectivity index (χ3n) is 3.86. The van der Waals surface area contributed by atoms with Crippen LogP contribution in [0, 0.1) is 0 Å². The van der Waals surface area contributed by atoms with Crippen molar-refractivity contribution in [3.8, 4) is 11.3 Å². The Kier molecular flexibility index (Phi) is 6.77. The number of hydrogen-bond donors (Lipinski definition) is 1. The van der Waals surface area contributed by atoms with Crippen LogP contribution in [0.25, 0.3) is 11.3 Å². The van der Waals surface area contributed by atoms with Crippen molar-refractivity contribution < 1.29 is 14.1 Å². The van der Waals surface area contributed by atoms with E-state index in [2.05, 4.69) is 20.7 Å². The number of amides is 2. The molecule has 3 aromatic rings. The zero-order chi connectivity index (χ0) is 19.9. The molecule has 2 aromatic heterocycles. The number of hydrogen-bond acceptors (Lipinski definition) is 8. The molecule has 0 unspecified atom stereocenters. The van der Waals surface area contributed by atoms with E-state index in [0.717, 1.165) is 5.56 Å². The van der Waals surface area contributed by atoms with Crippen LogP contribution in [0.1, 0.15) is 24.3 Å². The molecule has 2 amide bonds. The van der Waals surface area contributed by atoms with Crippen molar-refractivity contribution in [2.45, 2.75) is 18.2 Å². The highest BCUT2D eigenvalue weighted by atomic mass is 32.2. The summed E-state index contributed by atoms with van der Waals surface area (Å²) in [6, 6.07) is 11.0. The maximum absolute atomic E-state index is 12.3. The van der Waals surface area contributed by atoms with Gasteiger partial charge in [-0.15, -0.1) is 10.2 Å². The van der Waals surface area contributed by atoms with Crippen molar-refractivity contribution in [2.24, 2.45) is 0 Å². The zero-order valence-electron chi connectivity index (χ0n) is 15.4. The molecule has 0 saturated carbocycles. The fourth-order valence-electron chi connectivity index (χ4n) is 2.39. The minimum Gasteiger partial charge on any atom is -0.355 e. The monoisotopic (exact) mass is 417 g/mol. The summed E-state index contributed by atoms with van der Waals surface area (Å²) in [5.74, 6) is 0.410. The smallest absolute Gasteiger partial charge is 0.279 e. The maximum Gasteiger partial charge on any atom is 0.279 e. The van der Waals surface area contributed by atoms with Gasteiger partial charge < -0.3 is 9.42 Å². The SMILES string of the molecule is CCN(CC)C(=O)CSc1nnc(NC(=O)c2cc(-c3ccccc3)on2)s1. The normalized spacial score (nSPS) is 10.6. The number of benzene rings is 1. The molecule has 28 heavy (non-hydrogen) atoms. The van der Waals surface area contributed by atoms with Gasteiger partial charge in [0.05, 0.1) is 5.75 Å². The number of aromatic nitrogens is 3. The molecule has 0 atom stereocenters. The molecule has 8 nitrogen and oxygen atoms in total. The van der Waals surface area contributed by atoms with Crippen LogP contribution in [0.3, 0.4) is 0 Å². The summed E-state index contributed by atoms with van der Waals surface area (Å²) in [6.45, 7) is 5.24. The van der Waals surface area contributed by atoms with E-state index in [1.54, 1.807) is 11.0 Å². The quantitative estimate of drug-likeness (QED) is 0.443. The van der Waals surface area contributed by atoms with Crippen LogP contribution in [-0.4, -0.2) is 50.9 Å². The van der Waals surface area contributed by atoms with Crippen molar-refractivity contribution in [3.63, 3.8) is 0 Å². The van der Waals surface area contributed by atoms with Crippen LogP contribution in [0.5, 0.6) is 0 Å². The van der Waals surface area contributed by atoms with Crippen molar-refractivity contribution in [3.05, 3.63) is 42.1 Å². The Balaban J connectivity index is 1.57. The van der Waals surface area contributed by atoms with E-state index in [1.807, 2.05) is 44.2 Å². The molecule has 0 aliphatic heterocycles. The fraction of sp³-hybridized carbons (Fsp3) is 0.278. The number of nitrogens with zero attached hydrogens (tertiary/aromatic N) is 4. The summed E-state index contributed by atoms with van der Waals surface area (Å²) in [5.41, 5.74) is 0.987. The summed E-state index contributed by atoms with van der Waals surface area (Å²) in [5, 5.41) is 14.7. The van der Waals surface area contributed by atoms with Crippen LogP contribution >= 0.6 is 23.1 Å². The maximum atomic E-state index is 12.3. The van der Waals surface area contributed by atoms with Gasteiger partial charge in [0.2, 0.25) is 11.0 Å². The summed E-state index contributed by atoms with van der Waals surface area (Å²) in [4.78, 5) is 26.1. The van der Waals surface area contributed by atoms with Crippen LogP contribution in [0.2, 0.25) is 0 Å². The molecule has 0 saturated heterocycles. The number of carbonyl (C=O) groups is 2. The average molecular weight is 418 g/mol. The van der Waals surface area contributed by atoms with Crippen LogP contribution in [-0.2, 0) is 4.79 Å². The third-order valence-corrected chi connectivity index (χ3v) is 5.82. The van der Waals surface area contributed by atoms with Gasteiger partial charge in [-0.25, -0.2) is 0 Å². The lowest BCUT2D eigenvalue weighted by Crippen LogP contribution is -2.31. The molecule has 10 heteroatoms. The molecule has 146 valence electrons. The molecule has 0 aliphatic rings. The summed E-state index contributed by atoms with van der Waals surface area (Å²) >= 11 is 2.51. The molecular weight excluding hydrogens is 398 g/mol. The average Bonchev–Trinajstić information content (AvgIpc) is 3.38. The second-order valence-corrected chi connectivity index (χ2v) is 7.82. The lowest BCUT2D eigenvalue weighted by molar-refractivity contribution is -0.127. The molecule has 0 aliphatic carbocycles. The minimum absolute atomic E-state index is 0.0480. The Bertz CT molecular complexity index is 938. The number of rotatable bonds is 8. The lowest BCUT2D eigenvalue weighted by atomic mass is 10.1. The first-order chi connectivity index (χ1) is 13.6. The van der Waals surface area contributed by atoms with Crippen LogP contribution in [0.15, 0.2) is 45.3 Å². The van der Waals surface area contributed by atoms with E-state index >= 15 is 0 Å². The van der Waals surface area contributed by atoms with Crippen LogP contribution in [0.4, 0.5) is 5.13 Å². The van der Waals surface area contributed by atoms with Gasteiger partial charge in [-0.3, -0.25) is 14.9 Å². The van der Waals surface area contributed by atoms with Gasteiger partial charge in [0.1, 0.15) is 0 Å². The van der Waals surface area contributed by atoms with Crippen molar-refractivity contribution in [1.82, 2.24) is 20.3 Å². The van der Waals surface area contributed by atoms with E-state index in [-0.39, 0.29) is 17.4 Å². The lowest BCUT2D eigenvalue weighted by Gasteiger charge is -2.17. The fourth-order valence-corrected chi connectivity index (χ4v) is 4.04. The van der Waals surface area contributed by atoms with Crippen molar-refractivity contribution in [1.29, 1.82) is 0 Å². The summed E-state index contributed by atoms with van der Waals surface area (Å²) in [7, 11) is 0. The first-order valence-electron chi connectivity index (χ1n) is 8.68. The van der Waals surface area contributed by atoms with Gasteiger partial charge >= 0.3 is 0 Å². The zero-order valence-corrected chi connectivity index (χ0v) is 17.0. The molecule has 0 fully saturated rings. The topological polar surface area (TPSA) is 101 Å². The predicted molar refractivity (Wildman–Crippen MR) is 108 cm³/mol. The Morgan fingerprint density at radius 3 is 2.64 bits per heavy atom. The predicted octanol–water partition coefficient (Wildman–Crippen LogP) is 3.41. The van der Waals surface area contributed by atoms with E-state index in [9.17, 15) is 9.59 Å². The van der Waals surface area contributed by atoms with E-state index < -0.39 is 5.91 Å². The molecular formula is C18H19N5O3S2. The van der Waals surface area contributed by atoms with Crippen molar-refractivity contribution >= 4 is 40.0 Å². The third kappa shape index (κ3) is 4.96. The number of anilines is 1. The highest BCUT2D eigenvalue weighted by molar-refractivity contribution is 8.01. The Morgan fingerprint density at radius 2 is 1.93 bits per heavy atom. The van der Waals surface area contributed by atoms with E-state index in [0.29, 0.717) is 28.3 Å². The molecule has 1 aromatic carbocycles. The molecule has 2 heterocycles. The highest BCUT2D eigenvalue weighted by Gasteiger charge is 2.17. The van der Waals surface area contributed by atoms with Gasteiger partial charge in [0.15, 0.2) is 15.8 Å². The molecule has 0 bridgehead atoms. The first-order valence-corrected chi connectivity index (χ1v) is 10.5. The van der Waals surface area contributed by atoms with Gasteiger partial charge in [-0.1, -0.05) is 58.6 Å². The Labute approximate surface area is 170 Å². The number of thioether (sulfide) groups is 1. The van der Waals surface area contributed by atoms with Gasteiger partial charge in [0, 0.05) is 24.7 Å². The van der Waals surface area contributed by atoms with Gasteiger partial charge in [0.25, 0.3) is 5.91 Å². The second-order valence-electron chi connectivity index (χ2n) is 5.62. The molecule has 3 rings (SSSR count). The van der Waals surface area contributed by atoms with Crippen molar-refractivity contribution in [2.75, 3.05) is 24.2 Å². The first kappa shape index (κ1) is 20.0. The number of nitrogens with one attached hydrogen (secondary N) is 1. The van der Waals surface area contributed by atoms with E-state index in [4.69, 9.17) is 4.52 Å². The minimum atomic E-state index is -0.433. The second kappa shape index (κ2) is 9.47. The van der Waals surface area contributed by atoms with Gasteiger partial charge in [-0.2, -0.15) is 0 Å². The molecule has 0 spiro atoms. The molecule has 1 N–H and O–H groups in total. The summed E-state index contributed by atoms with van der Waals surface area (Å²) in [6.07, 6.45) is 0. The van der Waals surface area contributed by atoms with Gasteiger partial charge in [-0.05, 0) is 13.8 Å². The Hall–Kier alpha value is -2.72. The van der Waals surface area contributed by atoms with Crippen LogP contribution < -0.4 is 5.32 Å². The number of carbonyl (C=O) groups excluding carboxylic acids is 2. The highest BCUT2D eigenvalue weighted by Crippen LogP contribution is 2.26.